The SMILES string of the molecule is NCC1Cc2[nH]c(-c3ccncc3)cc2C(=O)N1.O=C(O)C(F)(F)F.O=C(O)C(F)(F)F. The number of pyridine rings is 1. The molecule has 1 amide bonds. The first-order chi connectivity index (χ1) is 14.7. The average Bonchev–Trinajstić information content (AvgIpc) is 3.13. The van der Waals surface area contributed by atoms with E-state index in [1.165, 1.54) is 0 Å². The van der Waals surface area contributed by atoms with Crippen LogP contribution >= 0.6 is 0 Å². The minimum Gasteiger partial charge on any atom is -0.475 e. The molecule has 1 aliphatic rings. The fraction of sp³-hybridized carbons (Fsp3) is 0.294. The lowest BCUT2D eigenvalue weighted by atomic mass is 10.0. The molecule has 1 unspecified atom stereocenters. The van der Waals surface area contributed by atoms with Gasteiger partial charge in [0, 0.05) is 48.4 Å². The fourth-order valence-electron chi connectivity index (χ4n) is 2.25. The second-order valence-corrected chi connectivity index (χ2v) is 6.03. The molecule has 0 radical (unpaired) electrons. The smallest absolute Gasteiger partial charge is 0.475 e. The third-order valence-electron chi connectivity index (χ3n) is 3.69. The number of alkyl halides is 6. The number of nitrogens with zero attached hydrogens (tertiary/aromatic N) is 1. The zero-order chi connectivity index (χ0) is 24.7. The van der Waals surface area contributed by atoms with Gasteiger partial charge in [0.15, 0.2) is 0 Å². The van der Waals surface area contributed by atoms with Crippen molar-refractivity contribution >= 4 is 17.8 Å². The molecule has 1 aliphatic heterocycles. The lowest BCUT2D eigenvalue weighted by Gasteiger charge is -2.21. The Hall–Kier alpha value is -3.62. The Labute approximate surface area is 175 Å². The van der Waals surface area contributed by atoms with Gasteiger partial charge in [0.1, 0.15) is 0 Å². The molecule has 0 spiro atoms. The molecule has 0 bridgehead atoms. The minimum absolute atomic E-state index is 0.0222. The summed E-state index contributed by atoms with van der Waals surface area (Å²) in [6.45, 7) is 0.453. The van der Waals surface area contributed by atoms with Gasteiger partial charge >= 0.3 is 24.3 Å². The van der Waals surface area contributed by atoms with Crippen LogP contribution in [-0.4, -0.2) is 63.0 Å². The number of nitrogens with one attached hydrogen (secondary N) is 2. The predicted octanol–water partition coefficient (Wildman–Crippen LogP) is 1.96. The number of aromatic nitrogens is 2. The first-order valence-corrected chi connectivity index (χ1v) is 8.40. The van der Waals surface area contributed by atoms with Crippen molar-refractivity contribution in [3.05, 3.63) is 41.9 Å². The van der Waals surface area contributed by atoms with Crippen LogP contribution in [0.25, 0.3) is 11.3 Å². The van der Waals surface area contributed by atoms with Gasteiger partial charge in [0.05, 0.1) is 5.56 Å². The van der Waals surface area contributed by atoms with E-state index < -0.39 is 24.3 Å². The molecule has 6 N–H and O–H groups in total. The van der Waals surface area contributed by atoms with E-state index in [0.29, 0.717) is 12.1 Å². The number of aromatic amines is 1. The Morgan fingerprint density at radius 1 is 1.06 bits per heavy atom. The normalized spacial score (nSPS) is 15.2. The monoisotopic (exact) mass is 470 g/mol. The maximum absolute atomic E-state index is 11.9. The summed E-state index contributed by atoms with van der Waals surface area (Å²) >= 11 is 0. The molecule has 3 heterocycles. The molecule has 32 heavy (non-hydrogen) atoms. The maximum atomic E-state index is 11.9. The van der Waals surface area contributed by atoms with Gasteiger partial charge in [0.25, 0.3) is 5.91 Å². The molecule has 2 aromatic heterocycles. The van der Waals surface area contributed by atoms with E-state index in [4.69, 9.17) is 25.5 Å². The number of H-pyrrole nitrogens is 1. The van der Waals surface area contributed by atoms with Gasteiger partial charge in [-0.15, -0.1) is 0 Å². The van der Waals surface area contributed by atoms with E-state index in [9.17, 15) is 31.1 Å². The summed E-state index contributed by atoms with van der Waals surface area (Å²) in [4.78, 5) is 37.0. The zero-order valence-corrected chi connectivity index (χ0v) is 15.8. The van der Waals surface area contributed by atoms with Gasteiger partial charge < -0.3 is 26.2 Å². The van der Waals surface area contributed by atoms with Crippen molar-refractivity contribution in [2.45, 2.75) is 24.8 Å². The van der Waals surface area contributed by atoms with Crippen LogP contribution in [0.5, 0.6) is 0 Å². The number of nitrogens with two attached hydrogens (primary N) is 1. The summed E-state index contributed by atoms with van der Waals surface area (Å²) in [5.74, 6) is -5.57. The van der Waals surface area contributed by atoms with E-state index in [-0.39, 0.29) is 11.9 Å². The van der Waals surface area contributed by atoms with E-state index in [1.54, 1.807) is 12.4 Å². The van der Waals surface area contributed by atoms with Gasteiger partial charge in [-0.3, -0.25) is 9.78 Å². The van der Waals surface area contributed by atoms with Crippen LogP contribution in [0.3, 0.4) is 0 Å². The van der Waals surface area contributed by atoms with E-state index >= 15 is 0 Å². The summed E-state index contributed by atoms with van der Waals surface area (Å²) in [6, 6.07) is 5.73. The number of hydrogen-bond acceptors (Lipinski definition) is 5. The molecule has 2 aromatic rings. The number of halogens is 6. The number of amides is 1. The Bertz CT molecular complexity index is 919. The molecule has 3 rings (SSSR count). The second kappa shape index (κ2) is 10.6. The first kappa shape index (κ1) is 26.4. The van der Waals surface area contributed by atoms with Crippen LogP contribution in [-0.2, 0) is 16.0 Å². The highest BCUT2D eigenvalue weighted by Gasteiger charge is 2.38. The second-order valence-electron chi connectivity index (χ2n) is 6.03. The number of carboxylic acids is 2. The lowest BCUT2D eigenvalue weighted by Crippen LogP contribution is -2.45. The summed E-state index contributed by atoms with van der Waals surface area (Å²) in [6.07, 6.45) is -5.95. The Balaban J connectivity index is 0.000000305. The number of carbonyl (C=O) groups excluding carboxylic acids is 1. The number of hydrogen-bond donors (Lipinski definition) is 5. The summed E-state index contributed by atoms with van der Waals surface area (Å²) in [5, 5.41) is 17.1. The highest BCUT2D eigenvalue weighted by molar-refractivity contribution is 5.98. The maximum Gasteiger partial charge on any atom is 0.490 e. The molecule has 0 aliphatic carbocycles. The van der Waals surface area contributed by atoms with E-state index in [0.717, 1.165) is 23.4 Å². The topological polar surface area (TPSA) is 158 Å². The lowest BCUT2D eigenvalue weighted by molar-refractivity contribution is -0.193. The van der Waals surface area contributed by atoms with Crippen LogP contribution < -0.4 is 11.1 Å². The minimum atomic E-state index is -5.08. The predicted molar refractivity (Wildman–Crippen MR) is 95.4 cm³/mol. The van der Waals surface area contributed by atoms with Gasteiger partial charge in [-0.25, -0.2) is 9.59 Å². The molecule has 0 fully saturated rings. The number of carboxylic acid groups (broad SMARTS) is 2. The fourth-order valence-corrected chi connectivity index (χ4v) is 2.25. The Morgan fingerprint density at radius 2 is 1.53 bits per heavy atom. The Morgan fingerprint density at radius 3 is 1.94 bits per heavy atom. The number of aliphatic carboxylic acids is 2. The molecule has 15 heteroatoms. The highest BCUT2D eigenvalue weighted by atomic mass is 19.4. The van der Waals surface area contributed by atoms with Crippen LogP contribution in [0.2, 0.25) is 0 Å². The molecule has 0 saturated heterocycles. The van der Waals surface area contributed by atoms with Crippen molar-refractivity contribution in [1.82, 2.24) is 15.3 Å². The quantitative estimate of drug-likeness (QED) is 0.420. The molecule has 176 valence electrons. The molecular weight excluding hydrogens is 454 g/mol. The highest BCUT2D eigenvalue weighted by Crippen LogP contribution is 2.24. The van der Waals surface area contributed by atoms with E-state index in [1.807, 2.05) is 18.2 Å². The van der Waals surface area contributed by atoms with Crippen molar-refractivity contribution in [2.75, 3.05) is 6.54 Å². The van der Waals surface area contributed by atoms with Crippen molar-refractivity contribution in [1.29, 1.82) is 0 Å². The third kappa shape index (κ3) is 7.90. The van der Waals surface area contributed by atoms with Crippen LogP contribution in [0.1, 0.15) is 16.1 Å². The molecule has 0 aromatic carbocycles. The molecular formula is C17H16F6N4O5. The van der Waals surface area contributed by atoms with Gasteiger partial charge in [-0.05, 0) is 18.2 Å². The molecule has 0 saturated carbocycles. The van der Waals surface area contributed by atoms with Crippen molar-refractivity contribution in [2.24, 2.45) is 5.73 Å². The van der Waals surface area contributed by atoms with Gasteiger partial charge in [-0.2, -0.15) is 26.3 Å². The third-order valence-corrected chi connectivity index (χ3v) is 3.69. The summed E-state index contributed by atoms with van der Waals surface area (Å²) in [5.41, 5.74) is 9.24. The standard InChI is InChI=1S/C13H14N4O.2C2HF3O2/c14-7-9-5-12-10(13(18)16-9)6-11(17-12)8-1-3-15-4-2-8;2*3-2(4,5)1(6)7/h1-4,6,9,17H,5,7,14H2,(H,16,18);2*(H,6,7). The summed E-state index contributed by atoms with van der Waals surface area (Å²) < 4.78 is 63.5. The van der Waals surface area contributed by atoms with Crippen molar-refractivity contribution < 1.29 is 50.9 Å². The number of rotatable bonds is 2. The van der Waals surface area contributed by atoms with Crippen LogP contribution in [0.15, 0.2) is 30.6 Å². The van der Waals surface area contributed by atoms with Crippen LogP contribution in [0, 0.1) is 0 Å². The zero-order valence-electron chi connectivity index (χ0n) is 15.8. The van der Waals surface area contributed by atoms with Gasteiger partial charge in [-0.1, -0.05) is 0 Å². The molecule has 9 nitrogen and oxygen atoms in total. The molecule has 1 atom stereocenters. The van der Waals surface area contributed by atoms with E-state index in [2.05, 4.69) is 15.3 Å². The van der Waals surface area contributed by atoms with Crippen LogP contribution in [0.4, 0.5) is 26.3 Å². The Kier molecular flexibility index (Phi) is 8.76. The first-order valence-electron chi connectivity index (χ1n) is 8.40. The van der Waals surface area contributed by atoms with Gasteiger partial charge in [0.2, 0.25) is 0 Å². The summed E-state index contributed by atoms with van der Waals surface area (Å²) in [7, 11) is 0. The largest absolute Gasteiger partial charge is 0.490 e. The number of fused-ring (bicyclic) bond motifs is 1. The van der Waals surface area contributed by atoms with Crippen molar-refractivity contribution in [3.63, 3.8) is 0 Å². The number of carbonyl (C=O) groups is 3. The van der Waals surface area contributed by atoms with Crippen molar-refractivity contribution in [3.8, 4) is 11.3 Å². The average molecular weight is 470 g/mol.